The van der Waals surface area contributed by atoms with Crippen LogP contribution < -0.4 is 4.72 Å². The number of sulfonamides is 1. The molecule has 114 valence electrons. The van der Waals surface area contributed by atoms with Crippen molar-refractivity contribution >= 4 is 38.7 Å². The number of carboxylic acids is 1. The van der Waals surface area contributed by atoms with Gasteiger partial charge in [0, 0.05) is 10.9 Å². The maximum Gasteiger partial charge on any atom is 0.347 e. The molecule has 8 heteroatoms. The Morgan fingerprint density at radius 1 is 1.43 bits per heavy atom. The fraction of sp³-hybridized carbons (Fsp3) is 0.308. The zero-order valence-electron chi connectivity index (χ0n) is 11.5. The van der Waals surface area contributed by atoms with E-state index >= 15 is 0 Å². The minimum atomic E-state index is -3.84. The average molecular weight is 345 g/mol. The van der Waals surface area contributed by atoms with Crippen molar-refractivity contribution in [2.45, 2.75) is 31.2 Å². The van der Waals surface area contributed by atoms with Gasteiger partial charge < -0.3 is 5.11 Å². The molecule has 2 rings (SSSR count). The van der Waals surface area contributed by atoms with E-state index in [4.69, 9.17) is 5.11 Å². The number of thiophene rings is 2. The van der Waals surface area contributed by atoms with Gasteiger partial charge in [-0.2, -0.15) is 0 Å². The molecule has 0 amide bonds. The molecule has 0 aromatic carbocycles. The Morgan fingerprint density at radius 2 is 2.14 bits per heavy atom. The predicted molar refractivity (Wildman–Crippen MR) is 83.8 cm³/mol. The monoisotopic (exact) mass is 345 g/mol. The Kier molecular flexibility index (Phi) is 4.82. The number of rotatable bonds is 6. The van der Waals surface area contributed by atoms with E-state index in [1.807, 2.05) is 17.5 Å². The van der Waals surface area contributed by atoms with Crippen LogP contribution in [0.3, 0.4) is 0 Å². The van der Waals surface area contributed by atoms with Gasteiger partial charge in [0.25, 0.3) is 0 Å². The summed E-state index contributed by atoms with van der Waals surface area (Å²) in [7, 11) is -3.84. The van der Waals surface area contributed by atoms with Crippen LogP contribution in [0.25, 0.3) is 0 Å². The van der Waals surface area contributed by atoms with Gasteiger partial charge in [-0.25, -0.2) is 17.9 Å². The van der Waals surface area contributed by atoms with E-state index < -0.39 is 16.0 Å². The van der Waals surface area contributed by atoms with Gasteiger partial charge in [-0.1, -0.05) is 6.07 Å². The van der Waals surface area contributed by atoms with Gasteiger partial charge in [0.1, 0.15) is 9.77 Å². The summed E-state index contributed by atoms with van der Waals surface area (Å²) in [6, 6.07) is 3.54. The first-order valence-corrected chi connectivity index (χ1v) is 9.41. The Labute approximate surface area is 131 Å². The largest absolute Gasteiger partial charge is 0.477 e. The molecule has 0 spiro atoms. The second-order valence-corrected chi connectivity index (χ2v) is 8.25. The third kappa shape index (κ3) is 3.70. The molecule has 0 saturated carbocycles. The topological polar surface area (TPSA) is 83.5 Å². The summed E-state index contributed by atoms with van der Waals surface area (Å²) in [5, 5.41) is 12.6. The maximum absolute atomic E-state index is 12.4. The fourth-order valence-corrected chi connectivity index (χ4v) is 5.72. The number of hydrogen-bond donors (Lipinski definition) is 2. The molecule has 1 unspecified atom stereocenters. The van der Waals surface area contributed by atoms with Gasteiger partial charge in [0.15, 0.2) is 0 Å². The summed E-state index contributed by atoms with van der Waals surface area (Å²) in [4.78, 5) is 11.9. The lowest BCUT2D eigenvalue weighted by Crippen LogP contribution is -2.34. The summed E-state index contributed by atoms with van der Waals surface area (Å²) in [5.41, 5.74) is 0.452. The van der Waals surface area contributed by atoms with Crippen LogP contribution in [0.1, 0.15) is 27.0 Å². The third-order valence-electron chi connectivity index (χ3n) is 2.82. The molecular formula is C13H15NO4S3. The second-order valence-electron chi connectivity index (χ2n) is 4.69. The van der Waals surface area contributed by atoms with Crippen molar-refractivity contribution in [1.82, 2.24) is 4.72 Å². The van der Waals surface area contributed by atoms with E-state index in [0.717, 1.165) is 16.2 Å². The van der Waals surface area contributed by atoms with Crippen LogP contribution in [-0.2, 0) is 16.4 Å². The third-order valence-corrected chi connectivity index (χ3v) is 6.71. The van der Waals surface area contributed by atoms with Crippen molar-refractivity contribution in [2.75, 3.05) is 0 Å². The standard InChI is InChI=1S/C13H15NO4S3/c1-8-7-20-11(13(15)16)12(8)21(17,18)14-9(2)6-10-4-3-5-19-10/h3-5,7,9,14H,6H2,1-2H3,(H,15,16). The van der Waals surface area contributed by atoms with Gasteiger partial charge in [0.2, 0.25) is 10.0 Å². The average Bonchev–Trinajstić information content (AvgIpc) is 2.97. The minimum Gasteiger partial charge on any atom is -0.477 e. The zero-order chi connectivity index (χ0) is 15.6. The number of aryl methyl sites for hydroxylation is 1. The van der Waals surface area contributed by atoms with Crippen molar-refractivity contribution in [3.8, 4) is 0 Å². The Morgan fingerprint density at radius 3 is 2.71 bits per heavy atom. The van der Waals surface area contributed by atoms with Crippen molar-refractivity contribution in [3.05, 3.63) is 38.2 Å². The van der Waals surface area contributed by atoms with Crippen molar-refractivity contribution in [1.29, 1.82) is 0 Å². The predicted octanol–water partition coefficient (Wildman–Crippen LogP) is 2.73. The van der Waals surface area contributed by atoms with Crippen molar-refractivity contribution in [3.63, 3.8) is 0 Å². The number of carboxylic acid groups (broad SMARTS) is 1. The Bertz CT molecular complexity index is 732. The minimum absolute atomic E-state index is 0.127. The summed E-state index contributed by atoms with van der Waals surface area (Å²) in [5.74, 6) is -1.22. The van der Waals surface area contributed by atoms with Gasteiger partial charge in [0.05, 0.1) is 0 Å². The molecule has 2 aromatic heterocycles. The highest BCUT2D eigenvalue weighted by Gasteiger charge is 2.28. The van der Waals surface area contributed by atoms with Crippen molar-refractivity contribution in [2.24, 2.45) is 0 Å². The molecule has 0 saturated heterocycles. The lowest BCUT2D eigenvalue weighted by molar-refractivity contribution is 0.0698. The first-order chi connectivity index (χ1) is 9.81. The lowest BCUT2D eigenvalue weighted by atomic mass is 10.2. The number of aromatic carboxylic acids is 1. The Balaban J connectivity index is 2.22. The molecule has 2 N–H and O–H groups in total. The summed E-state index contributed by atoms with van der Waals surface area (Å²) < 4.78 is 27.4. The molecule has 0 aliphatic rings. The van der Waals surface area contributed by atoms with Gasteiger partial charge in [-0.05, 0) is 42.7 Å². The summed E-state index contributed by atoms with van der Waals surface area (Å²) >= 11 is 2.49. The van der Waals surface area contributed by atoms with Crippen LogP contribution >= 0.6 is 22.7 Å². The first-order valence-electron chi connectivity index (χ1n) is 6.17. The molecule has 2 heterocycles. The van der Waals surface area contributed by atoms with Crippen molar-refractivity contribution < 1.29 is 18.3 Å². The van der Waals surface area contributed by atoms with E-state index in [2.05, 4.69) is 4.72 Å². The normalized spacial score (nSPS) is 13.2. The molecule has 21 heavy (non-hydrogen) atoms. The van der Waals surface area contributed by atoms with E-state index in [9.17, 15) is 13.2 Å². The zero-order valence-corrected chi connectivity index (χ0v) is 13.9. The molecule has 5 nitrogen and oxygen atoms in total. The smallest absolute Gasteiger partial charge is 0.347 e. The van der Waals surface area contributed by atoms with E-state index in [1.54, 1.807) is 30.6 Å². The highest BCUT2D eigenvalue weighted by molar-refractivity contribution is 7.89. The quantitative estimate of drug-likeness (QED) is 0.843. The van der Waals surface area contributed by atoms with Crippen LogP contribution in [0.4, 0.5) is 0 Å². The first kappa shape index (κ1) is 16.2. The molecule has 0 bridgehead atoms. The second kappa shape index (κ2) is 6.27. The number of nitrogens with one attached hydrogen (secondary N) is 1. The number of hydrogen-bond acceptors (Lipinski definition) is 5. The van der Waals surface area contributed by atoms with Crippen LogP contribution in [-0.4, -0.2) is 25.5 Å². The molecule has 1 atom stereocenters. The molecule has 0 aliphatic heterocycles. The highest BCUT2D eigenvalue weighted by Crippen LogP contribution is 2.27. The van der Waals surface area contributed by atoms with Gasteiger partial charge >= 0.3 is 5.97 Å². The lowest BCUT2D eigenvalue weighted by Gasteiger charge is -2.14. The highest BCUT2D eigenvalue weighted by atomic mass is 32.2. The Hall–Kier alpha value is -1.22. The van der Waals surface area contributed by atoms with E-state index in [-0.39, 0.29) is 15.8 Å². The number of carbonyl (C=O) groups is 1. The molecule has 0 radical (unpaired) electrons. The molecule has 0 aliphatic carbocycles. The maximum atomic E-state index is 12.4. The van der Waals surface area contributed by atoms with Crippen LogP contribution in [0.5, 0.6) is 0 Å². The fourth-order valence-electron chi connectivity index (χ4n) is 2.01. The summed E-state index contributed by atoms with van der Waals surface area (Å²) in [6.45, 7) is 3.36. The van der Waals surface area contributed by atoms with Gasteiger partial charge in [-0.15, -0.1) is 22.7 Å². The SMILES string of the molecule is Cc1csc(C(=O)O)c1S(=O)(=O)NC(C)Cc1cccs1. The van der Waals surface area contributed by atoms with Crippen LogP contribution in [0.15, 0.2) is 27.8 Å². The molecule has 0 fully saturated rings. The summed E-state index contributed by atoms with van der Waals surface area (Å²) in [6.07, 6.45) is 0.572. The van der Waals surface area contributed by atoms with Gasteiger partial charge in [-0.3, -0.25) is 0 Å². The molecular weight excluding hydrogens is 330 g/mol. The van der Waals surface area contributed by atoms with E-state index in [1.165, 1.54) is 0 Å². The molecule has 2 aromatic rings. The van der Waals surface area contributed by atoms with Crippen LogP contribution in [0.2, 0.25) is 0 Å². The van der Waals surface area contributed by atoms with E-state index in [0.29, 0.717) is 12.0 Å². The van der Waals surface area contributed by atoms with Crippen LogP contribution in [0, 0.1) is 6.92 Å².